The molecule has 1 atom stereocenters. The molecule has 1 heterocycles. The van der Waals surface area contributed by atoms with Crippen LogP contribution in [0.5, 0.6) is 0 Å². The number of aromatic nitrogens is 1. The van der Waals surface area contributed by atoms with Crippen molar-refractivity contribution in [1.82, 2.24) is 10.3 Å². The molecule has 1 aromatic carbocycles. The number of pyridine rings is 1. The van der Waals surface area contributed by atoms with Gasteiger partial charge in [-0.3, -0.25) is 14.6 Å². The Morgan fingerprint density at radius 2 is 2.05 bits per heavy atom. The number of carbonyl (C=O) groups excluding carboxylic acids is 1. The van der Waals surface area contributed by atoms with Crippen molar-refractivity contribution in [2.75, 3.05) is 6.54 Å². The van der Waals surface area contributed by atoms with E-state index < -0.39 is 5.97 Å². The van der Waals surface area contributed by atoms with Crippen LogP contribution in [-0.4, -0.2) is 28.5 Å². The number of benzene rings is 1. The minimum Gasteiger partial charge on any atom is -0.481 e. The van der Waals surface area contributed by atoms with Crippen LogP contribution in [0.2, 0.25) is 0 Å². The van der Waals surface area contributed by atoms with Crippen LogP contribution in [0, 0.1) is 12.8 Å². The van der Waals surface area contributed by atoms with Gasteiger partial charge < -0.3 is 10.4 Å². The van der Waals surface area contributed by atoms with E-state index in [1.165, 1.54) is 0 Å². The number of nitrogens with one attached hydrogen (secondary N) is 1. The summed E-state index contributed by atoms with van der Waals surface area (Å²) in [6.45, 7) is 4.00. The number of amides is 1. The number of para-hydroxylation sites is 1. The molecular weight excluding hydrogens is 268 g/mol. The van der Waals surface area contributed by atoms with Crippen molar-refractivity contribution in [3.63, 3.8) is 0 Å². The van der Waals surface area contributed by atoms with E-state index in [1.54, 1.807) is 13.0 Å². The van der Waals surface area contributed by atoms with Gasteiger partial charge in [0.2, 0.25) is 0 Å². The van der Waals surface area contributed by atoms with Crippen molar-refractivity contribution < 1.29 is 14.7 Å². The van der Waals surface area contributed by atoms with Crippen LogP contribution in [-0.2, 0) is 4.79 Å². The lowest BCUT2D eigenvalue weighted by atomic mass is 10.1. The molecule has 21 heavy (non-hydrogen) atoms. The average Bonchev–Trinajstić information content (AvgIpc) is 2.43. The maximum atomic E-state index is 12.3. The van der Waals surface area contributed by atoms with Crippen LogP contribution in [0.15, 0.2) is 30.3 Å². The topological polar surface area (TPSA) is 79.3 Å². The summed E-state index contributed by atoms with van der Waals surface area (Å²) in [5, 5.41) is 12.4. The van der Waals surface area contributed by atoms with Crippen molar-refractivity contribution in [3.8, 4) is 0 Å². The van der Waals surface area contributed by atoms with Crippen molar-refractivity contribution in [1.29, 1.82) is 0 Å². The van der Waals surface area contributed by atoms with Crippen LogP contribution < -0.4 is 5.32 Å². The van der Waals surface area contributed by atoms with Gasteiger partial charge in [-0.05, 0) is 25.0 Å². The lowest BCUT2D eigenvalue weighted by molar-refractivity contribution is -0.137. The molecule has 2 rings (SSSR count). The van der Waals surface area contributed by atoms with E-state index in [4.69, 9.17) is 5.11 Å². The summed E-state index contributed by atoms with van der Waals surface area (Å²) in [6.07, 6.45) is 0.0349. The van der Waals surface area contributed by atoms with Gasteiger partial charge in [-0.1, -0.05) is 25.1 Å². The zero-order valence-corrected chi connectivity index (χ0v) is 12.1. The molecule has 5 nitrogen and oxygen atoms in total. The van der Waals surface area contributed by atoms with Crippen LogP contribution >= 0.6 is 0 Å². The smallest absolute Gasteiger partial charge is 0.303 e. The summed E-state index contributed by atoms with van der Waals surface area (Å²) >= 11 is 0. The Bertz CT molecular complexity index is 682. The van der Waals surface area contributed by atoms with Crippen molar-refractivity contribution in [2.24, 2.45) is 5.92 Å². The number of fused-ring (bicyclic) bond motifs is 1. The Labute approximate surface area is 123 Å². The van der Waals surface area contributed by atoms with E-state index in [9.17, 15) is 9.59 Å². The van der Waals surface area contributed by atoms with E-state index in [0.29, 0.717) is 17.6 Å². The third-order valence-electron chi connectivity index (χ3n) is 3.24. The zero-order chi connectivity index (χ0) is 15.4. The van der Waals surface area contributed by atoms with Gasteiger partial charge >= 0.3 is 5.97 Å². The second-order valence-corrected chi connectivity index (χ2v) is 5.24. The van der Waals surface area contributed by atoms with Crippen LogP contribution in [0.4, 0.5) is 0 Å². The molecule has 0 fully saturated rings. The van der Waals surface area contributed by atoms with Crippen LogP contribution in [0.3, 0.4) is 0 Å². The fraction of sp³-hybridized carbons (Fsp3) is 0.312. The third-order valence-corrected chi connectivity index (χ3v) is 3.24. The Morgan fingerprint density at radius 3 is 2.76 bits per heavy atom. The Balaban J connectivity index is 2.16. The molecule has 0 saturated heterocycles. The number of hydrogen-bond acceptors (Lipinski definition) is 3. The van der Waals surface area contributed by atoms with E-state index in [2.05, 4.69) is 10.3 Å². The number of aryl methyl sites for hydroxylation is 1. The minimum atomic E-state index is -0.862. The van der Waals surface area contributed by atoms with E-state index in [-0.39, 0.29) is 18.2 Å². The Morgan fingerprint density at radius 1 is 1.29 bits per heavy atom. The number of carboxylic acid groups (broad SMARTS) is 1. The highest BCUT2D eigenvalue weighted by Crippen LogP contribution is 2.17. The van der Waals surface area contributed by atoms with Crippen LogP contribution in [0.25, 0.3) is 10.9 Å². The Hall–Kier alpha value is -2.43. The molecule has 0 aliphatic carbocycles. The molecule has 2 aromatic rings. The largest absolute Gasteiger partial charge is 0.481 e. The first kappa shape index (κ1) is 15.0. The highest BCUT2D eigenvalue weighted by atomic mass is 16.4. The zero-order valence-electron chi connectivity index (χ0n) is 12.1. The molecule has 0 saturated carbocycles. The van der Waals surface area contributed by atoms with Gasteiger partial charge in [0, 0.05) is 24.0 Å². The second kappa shape index (κ2) is 6.35. The van der Waals surface area contributed by atoms with Gasteiger partial charge in [0.05, 0.1) is 11.1 Å². The van der Waals surface area contributed by atoms with Gasteiger partial charge in [0.25, 0.3) is 5.91 Å². The third kappa shape index (κ3) is 3.78. The summed E-state index contributed by atoms with van der Waals surface area (Å²) < 4.78 is 0. The number of rotatable bonds is 5. The lowest BCUT2D eigenvalue weighted by Crippen LogP contribution is -2.29. The van der Waals surface area contributed by atoms with Gasteiger partial charge in [0.1, 0.15) is 0 Å². The molecule has 1 aromatic heterocycles. The number of nitrogens with zero attached hydrogens (tertiary/aromatic N) is 1. The molecule has 0 bridgehead atoms. The summed E-state index contributed by atoms with van der Waals surface area (Å²) in [6, 6.07) is 9.28. The fourth-order valence-electron chi connectivity index (χ4n) is 2.16. The monoisotopic (exact) mass is 286 g/mol. The highest BCUT2D eigenvalue weighted by Gasteiger charge is 2.13. The first-order chi connectivity index (χ1) is 9.97. The summed E-state index contributed by atoms with van der Waals surface area (Å²) in [4.78, 5) is 27.3. The minimum absolute atomic E-state index is 0.0349. The number of hydrogen-bond donors (Lipinski definition) is 2. The molecule has 110 valence electrons. The summed E-state index contributed by atoms with van der Waals surface area (Å²) in [7, 11) is 0. The number of carboxylic acids is 1. The van der Waals surface area contributed by atoms with Gasteiger partial charge in [0.15, 0.2) is 0 Å². The standard InChI is InChI=1S/C16H18N2O3/c1-10(8-14(19)20)9-17-16(21)13-5-3-4-12-7-6-11(2)18-15(12)13/h3-7,10H,8-9H2,1-2H3,(H,17,21)(H,19,20). The van der Waals surface area contributed by atoms with Crippen molar-refractivity contribution >= 4 is 22.8 Å². The predicted molar refractivity (Wildman–Crippen MR) is 80.2 cm³/mol. The fourth-order valence-corrected chi connectivity index (χ4v) is 2.16. The van der Waals surface area contributed by atoms with E-state index in [1.807, 2.05) is 31.2 Å². The first-order valence-corrected chi connectivity index (χ1v) is 6.83. The van der Waals surface area contributed by atoms with Crippen LogP contribution in [0.1, 0.15) is 29.4 Å². The maximum absolute atomic E-state index is 12.3. The molecule has 1 amide bonds. The molecule has 0 radical (unpaired) electrons. The first-order valence-electron chi connectivity index (χ1n) is 6.83. The highest BCUT2D eigenvalue weighted by molar-refractivity contribution is 6.05. The number of aliphatic carboxylic acids is 1. The van der Waals surface area contributed by atoms with E-state index >= 15 is 0 Å². The molecule has 5 heteroatoms. The quantitative estimate of drug-likeness (QED) is 0.884. The summed E-state index contributed by atoms with van der Waals surface area (Å²) in [5.74, 6) is -1.20. The van der Waals surface area contributed by atoms with Crippen molar-refractivity contribution in [3.05, 3.63) is 41.6 Å². The normalized spacial score (nSPS) is 12.1. The molecule has 1 unspecified atom stereocenters. The molecule has 0 spiro atoms. The molecule has 2 N–H and O–H groups in total. The van der Waals surface area contributed by atoms with Crippen molar-refractivity contribution in [2.45, 2.75) is 20.3 Å². The van der Waals surface area contributed by atoms with Gasteiger partial charge in [-0.15, -0.1) is 0 Å². The maximum Gasteiger partial charge on any atom is 0.303 e. The molecule has 0 aliphatic heterocycles. The summed E-state index contributed by atoms with van der Waals surface area (Å²) in [5.41, 5.74) is 2.03. The van der Waals surface area contributed by atoms with Gasteiger partial charge in [-0.2, -0.15) is 0 Å². The lowest BCUT2D eigenvalue weighted by Gasteiger charge is -2.11. The van der Waals surface area contributed by atoms with Gasteiger partial charge in [-0.25, -0.2) is 0 Å². The Kier molecular flexibility index (Phi) is 4.52. The molecule has 0 aliphatic rings. The number of carbonyl (C=O) groups is 2. The SMILES string of the molecule is Cc1ccc2cccc(C(=O)NCC(C)CC(=O)O)c2n1. The average molecular weight is 286 g/mol. The van der Waals surface area contributed by atoms with E-state index in [0.717, 1.165) is 11.1 Å². The molecular formula is C16H18N2O3. The predicted octanol–water partition coefficient (Wildman–Crippen LogP) is 2.38. The second-order valence-electron chi connectivity index (χ2n) is 5.24.